The van der Waals surface area contributed by atoms with Crippen LogP contribution in [0.3, 0.4) is 0 Å². The van der Waals surface area contributed by atoms with Gasteiger partial charge in [0, 0.05) is 6.54 Å². The van der Waals surface area contributed by atoms with Crippen molar-refractivity contribution in [3.8, 4) is 0 Å². The summed E-state index contributed by atoms with van der Waals surface area (Å²) in [6.07, 6.45) is 0.921. The third-order valence-electron chi connectivity index (χ3n) is 3.20. The van der Waals surface area contributed by atoms with Crippen molar-refractivity contribution < 1.29 is 9.18 Å². The lowest BCUT2D eigenvalue weighted by molar-refractivity contribution is -0.128. The molecule has 1 amide bonds. The summed E-state index contributed by atoms with van der Waals surface area (Å²) in [5.74, 6) is 0.185. The number of rotatable bonds is 5. The van der Waals surface area contributed by atoms with Gasteiger partial charge in [0.15, 0.2) is 0 Å². The first-order chi connectivity index (χ1) is 9.49. The molecule has 110 valence electrons. The molecule has 1 heterocycles. The van der Waals surface area contributed by atoms with Gasteiger partial charge in [0.05, 0.1) is 10.8 Å². The Morgan fingerprint density at radius 2 is 2.25 bits per heavy atom. The Bertz CT molecular complexity index is 498. The number of carbonyl (C=O) groups excluding carboxylic acids is 1. The fraction of sp³-hybridized carbons (Fsp3) is 0.500. The normalized spacial score (nSPS) is 19.1. The van der Waals surface area contributed by atoms with Crippen molar-refractivity contribution in [2.45, 2.75) is 11.8 Å². The molecule has 1 atom stereocenters. The van der Waals surface area contributed by atoms with Crippen molar-refractivity contribution in [2.24, 2.45) is 0 Å². The van der Waals surface area contributed by atoms with Crippen LogP contribution in [-0.4, -0.2) is 48.6 Å². The van der Waals surface area contributed by atoms with Crippen molar-refractivity contribution in [2.75, 3.05) is 32.9 Å². The molecular formula is C14H18ClFN2OS. The van der Waals surface area contributed by atoms with Gasteiger partial charge in [0.25, 0.3) is 0 Å². The molecule has 0 bridgehead atoms. The first kappa shape index (κ1) is 15.6. The second kappa shape index (κ2) is 6.78. The van der Waals surface area contributed by atoms with Gasteiger partial charge in [-0.15, -0.1) is 11.8 Å². The quantitative estimate of drug-likeness (QED) is 0.834. The Morgan fingerprint density at radius 3 is 2.90 bits per heavy atom. The number of amides is 1. The fourth-order valence-corrected chi connectivity index (χ4v) is 3.59. The summed E-state index contributed by atoms with van der Waals surface area (Å²) in [6.45, 7) is 1.65. The van der Waals surface area contributed by atoms with Crippen LogP contribution in [0.5, 0.6) is 0 Å². The molecule has 0 aliphatic carbocycles. The second-order valence-corrected chi connectivity index (χ2v) is 6.56. The predicted molar refractivity (Wildman–Crippen MR) is 81.5 cm³/mol. The van der Waals surface area contributed by atoms with Crippen LogP contribution in [-0.2, 0) is 4.79 Å². The maximum atomic E-state index is 13.2. The molecule has 0 spiro atoms. The molecule has 20 heavy (non-hydrogen) atoms. The molecule has 1 aromatic rings. The zero-order valence-corrected chi connectivity index (χ0v) is 13.2. The largest absolute Gasteiger partial charge is 0.326 e. The first-order valence-corrected chi connectivity index (χ1v) is 7.92. The zero-order chi connectivity index (χ0) is 14.7. The van der Waals surface area contributed by atoms with Crippen LogP contribution in [0.15, 0.2) is 18.2 Å². The van der Waals surface area contributed by atoms with E-state index in [9.17, 15) is 9.18 Å². The number of halogens is 2. The van der Waals surface area contributed by atoms with Crippen LogP contribution >= 0.6 is 23.4 Å². The van der Waals surface area contributed by atoms with Crippen LogP contribution in [0.2, 0.25) is 5.02 Å². The van der Waals surface area contributed by atoms with Crippen molar-refractivity contribution >= 4 is 29.3 Å². The first-order valence-electron chi connectivity index (χ1n) is 6.50. The summed E-state index contributed by atoms with van der Waals surface area (Å²) in [7, 11) is 4.02. The van der Waals surface area contributed by atoms with Gasteiger partial charge in [-0.3, -0.25) is 4.79 Å². The van der Waals surface area contributed by atoms with Crippen LogP contribution in [0.25, 0.3) is 0 Å². The van der Waals surface area contributed by atoms with E-state index in [4.69, 9.17) is 11.6 Å². The third kappa shape index (κ3) is 3.65. The standard InChI is InChI=1S/C14H18ClFN2OS/c1-17(2)6-3-7-18-13(19)9-20-14(18)10-4-5-12(16)11(15)8-10/h4-5,8,14H,3,6-7,9H2,1-2H3. The van der Waals surface area contributed by atoms with E-state index in [-0.39, 0.29) is 16.3 Å². The molecule has 1 fully saturated rings. The van der Waals surface area contributed by atoms with Gasteiger partial charge in [-0.25, -0.2) is 4.39 Å². The van der Waals surface area contributed by atoms with Gasteiger partial charge in [-0.1, -0.05) is 17.7 Å². The van der Waals surface area contributed by atoms with E-state index in [1.807, 2.05) is 19.0 Å². The minimum Gasteiger partial charge on any atom is -0.326 e. The fourth-order valence-electron chi connectivity index (χ4n) is 2.20. The zero-order valence-electron chi connectivity index (χ0n) is 11.6. The maximum absolute atomic E-state index is 13.2. The van der Waals surface area contributed by atoms with Gasteiger partial charge in [0.1, 0.15) is 11.2 Å². The molecule has 0 radical (unpaired) electrons. The van der Waals surface area contributed by atoms with Crippen LogP contribution in [0.4, 0.5) is 4.39 Å². The summed E-state index contributed by atoms with van der Waals surface area (Å²) < 4.78 is 13.2. The lowest BCUT2D eigenvalue weighted by atomic mass is 10.2. The number of carbonyl (C=O) groups is 1. The van der Waals surface area contributed by atoms with Gasteiger partial charge in [-0.05, 0) is 44.8 Å². The molecule has 0 N–H and O–H groups in total. The van der Waals surface area contributed by atoms with Gasteiger partial charge in [-0.2, -0.15) is 0 Å². The Labute approximate surface area is 128 Å². The summed E-state index contributed by atoms with van der Waals surface area (Å²) in [6, 6.07) is 4.68. The maximum Gasteiger partial charge on any atom is 0.233 e. The van der Waals surface area contributed by atoms with Gasteiger partial charge >= 0.3 is 0 Å². The number of thioether (sulfide) groups is 1. The van der Waals surface area contributed by atoms with E-state index in [1.165, 1.54) is 6.07 Å². The van der Waals surface area contributed by atoms with Crippen LogP contribution in [0, 0.1) is 5.82 Å². The molecule has 6 heteroatoms. The van der Waals surface area contributed by atoms with Gasteiger partial charge < -0.3 is 9.80 Å². The molecule has 1 aliphatic rings. The second-order valence-electron chi connectivity index (χ2n) is 5.08. The summed E-state index contributed by atoms with van der Waals surface area (Å²) in [5, 5.41) is 0.0541. The average molecular weight is 317 g/mol. The highest BCUT2D eigenvalue weighted by Gasteiger charge is 2.32. The number of hydrogen-bond donors (Lipinski definition) is 0. The minimum absolute atomic E-state index is 0.0530. The third-order valence-corrected chi connectivity index (χ3v) is 4.75. The van der Waals surface area contributed by atoms with Crippen LogP contribution < -0.4 is 0 Å². The van der Waals surface area contributed by atoms with E-state index in [0.717, 1.165) is 18.5 Å². The van der Waals surface area contributed by atoms with Crippen molar-refractivity contribution in [3.05, 3.63) is 34.6 Å². The van der Waals surface area contributed by atoms with Gasteiger partial charge in [0.2, 0.25) is 5.91 Å². The highest BCUT2D eigenvalue weighted by Crippen LogP contribution is 2.39. The lowest BCUT2D eigenvalue weighted by Gasteiger charge is -2.25. The Balaban J connectivity index is 2.08. The minimum atomic E-state index is -0.427. The number of hydrogen-bond acceptors (Lipinski definition) is 3. The molecule has 3 nitrogen and oxygen atoms in total. The molecular weight excluding hydrogens is 299 g/mol. The summed E-state index contributed by atoms with van der Waals surface area (Å²) >= 11 is 7.39. The van der Waals surface area contributed by atoms with E-state index < -0.39 is 5.82 Å². The van der Waals surface area contributed by atoms with Crippen molar-refractivity contribution in [1.29, 1.82) is 0 Å². The Morgan fingerprint density at radius 1 is 1.50 bits per heavy atom. The van der Waals surface area contributed by atoms with Crippen LogP contribution in [0.1, 0.15) is 17.4 Å². The topological polar surface area (TPSA) is 23.6 Å². The predicted octanol–water partition coefficient (Wildman–Crippen LogP) is 3.00. The Kier molecular flexibility index (Phi) is 5.29. The molecule has 1 aromatic carbocycles. The number of benzene rings is 1. The Hall–Kier alpha value is -0.780. The summed E-state index contributed by atoms with van der Waals surface area (Å²) in [4.78, 5) is 15.9. The molecule has 1 unspecified atom stereocenters. The van der Waals surface area contributed by atoms with E-state index in [1.54, 1.807) is 23.9 Å². The lowest BCUT2D eigenvalue weighted by Crippen LogP contribution is -2.31. The highest BCUT2D eigenvalue weighted by molar-refractivity contribution is 8.00. The smallest absolute Gasteiger partial charge is 0.233 e. The molecule has 2 rings (SSSR count). The molecule has 0 saturated carbocycles. The average Bonchev–Trinajstić information content (AvgIpc) is 2.74. The van der Waals surface area contributed by atoms with Crippen molar-refractivity contribution in [1.82, 2.24) is 9.80 Å². The summed E-state index contributed by atoms with van der Waals surface area (Å²) in [5.41, 5.74) is 0.886. The number of nitrogens with zero attached hydrogens (tertiary/aromatic N) is 2. The monoisotopic (exact) mass is 316 g/mol. The van der Waals surface area contributed by atoms with E-state index in [0.29, 0.717) is 12.3 Å². The molecule has 0 aromatic heterocycles. The molecule has 1 aliphatic heterocycles. The van der Waals surface area contributed by atoms with E-state index in [2.05, 4.69) is 4.90 Å². The molecule has 1 saturated heterocycles. The van der Waals surface area contributed by atoms with Crippen molar-refractivity contribution in [3.63, 3.8) is 0 Å². The van der Waals surface area contributed by atoms with E-state index >= 15 is 0 Å². The highest BCUT2D eigenvalue weighted by atomic mass is 35.5. The SMILES string of the molecule is CN(C)CCCN1C(=O)CSC1c1ccc(F)c(Cl)c1.